The molecular formula is C17H26N2O7. The van der Waals surface area contributed by atoms with E-state index < -0.39 is 29.5 Å². The second-order valence-corrected chi connectivity index (χ2v) is 7.62. The summed E-state index contributed by atoms with van der Waals surface area (Å²) < 4.78 is 5.06. The second kappa shape index (κ2) is 8.48. The molecule has 0 bridgehead atoms. The number of ether oxygens (including phenoxy) is 1. The average Bonchev–Trinajstić information content (AvgIpc) is 2.85. The van der Waals surface area contributed by atoms with Crippen molar-refractivity contribution in [2.45, 2.75) is 64.9 Å². The summed E-state index contributed by atoms with van der Waals surface area (Å²) in [5.41, 5.74) is 1.65. The Morgan fingerprint density at radius 2 is 1.65 bits per heavy atom. The lowest BCUT2D eigenvalue weighted by molar-refractivity contribution is -0.201. The van der Waals surface area contributed by atoms with E-state index in [1.165, 1.54) is 0 Å². The van der Waals surface area contributed by atoms with Gasteiger partial charge in [0.25, 0.3) is 11.8 Å². The van der Waals surface area contributed by atoms with Gasteiger partial charge in [-0.15, -0.1) is 5.06 Å². The molecule has 2 rings (SSSR count). The van der Waals surface area contributed by atoms with Crippen LogP contribution in [0.3, 0.4) is 0 Å². The highest BCUT2D eigenvalue weighted by molar-refractivity contribution is 6.01. The average molecular weight is 370 g/mol. The summed E-state index contributed by atoms with van der Waals surface area (Å²) in [6, 6.07) is 0. The van der Waals surface area contributed by atoms with Gasteiger partial charge in [-0.25, -0.2) is 9.59 Å². The van der Waals surface area contributed by atoms with Crippen molar-refractivity contribution in [1.29, 1.82) is 0 Å². The standard InChI is InChI=1S/C17H26N2O7/c1-17(2,3)25-16(23)18-24-10-11-4-6-12(7-5-11)15(22)26-19-13(20)8-9-14(19)21/h11-12H,4-10H2,1-3H3,(H,18,23). The first-order valence-electron chi connectivity index (χ1n) is 8.84. The van der Waals surface area contributed by atoms with Crippen molar-refractivity contribution in [3.05, 3.63) is 0 Å². The van der Waals surface area contributed by atoms with Gasteiger partial charge in [0.15, 0.2) is 0 Å². The van der Waals surface area contributed by atoms with Gasteiger partial charge in [0.05, 0.1) is 12.5 Å². The summed E-state index contributed by atoms with van der Waals surface area (Å²) in [5, 5.41) is 0.586. The molecule has 1 aliphatic heterocycles. The van der Waals surface area contributed by atoms with Gasteiger partial charge in [-0.05, 0) is 52.4 Å². The van der Waals surface area contributed by atoms with Gasteiger partial charge in [-0.3, -0.25) is 14.4 Å². The van der Waals surface area contributed by atoms with Crippen LogP contribution in [0.1, 0.15) is 59.3 Å². The minimum absolute atomic E-state index is 0.0842. The van der Waals surface area contributed by atoms with Crippen molar-refractivity contribution in [2.24, 2.45) is 11.8 Å². The molecule has 146 valence electrons. The molecule has 0 aromatic heterocycles. The van der Waals surface area contributed by atoms with Crippen LogP contribution in [0.2, 0.25) is 0 Å². The molecule has 0 aromatic carbocycles. The molecule has 2 fully saturated rings. The number of hydrogen-bond acceptors (Lipinski definition) is 7. The summed E-state index contributed by atoms with van der Waals surface area (Å²) in [5.74, 6) is -1.63. The SMILES string of the molecule is CC(C)(C)OC(=O)NOCC1CCC(C(=O)ON2C(=O)CCC2=O)CC1. The first-order chi connectivity index (χ1) is 12.2. The van der Waals surface area contributed by atoms with Crippen LogP contribution in [-0.4, -0.2) is 41.1 Å². The molecule has 0 spiro atoms. The molecule has 1 heterocycles. The number of carbonyl (C=O) groups is 4. The quantitative estimate of drug-likeness (QED) is 0.581. The Bertz CT molecular complexity index is 546. The predicted molar refractivity (Wildman–Crippen MR) is 87.9 cm³/mol. The third-order valence-electron chi connectivity index (χ3n) is 4.24. The first-order valence-corrected chi connectivity index (χ1v) is 8.84. The van der Waals surface area contributed by atoms with E-state index in [4.69, 9.17) is 14.4 Å². The summed E-state index contributed by atoms with van der Waals surface area (Å²) in [6.45, 7) is 5.60. The van der Waals surface area contributed by atoms with Crippen molar-refractivity contribution in [1.82, 2.24) is 10.5 Å². The maximum absolute atomic E-state index is 12.1. The van der Waals surface area contributed by atoms with Crippen molar-refractivity contribution in [2.75, 3.05) is 6.61 Å². The second-order valence-electron chi connectivity index (χ2n) is 7.62. The summed E-state index contributed by atoms with van der Waals surface area (Å²) in [4.78, 5) is 56.7. The zero-order valence-electron chi connectivity index (χ0n) is 15.4. The lowest BCUT2D eigenvalue weighted by Crippen LogP contribution is -2.36. The van der Waals surface area contributed by atoms with Crippen molar-refractivity contribution < 1.29 is 33.6 Å². The highest BCUT2D eigenvalue weighted by Gasteiger charge is 2.36. The number of imide groups is 1. The zero-order chi connectivity index (χ0) is 19.3. The summed E-state index contributed by atoms with van der Waals surface area (Å²) in [6.07, 6.45) is 2.12. The van der Waals surface area contributed by atoms with Crippen LogP contribution < -0.4 is 5.48 Å². The van der Waals surface area contributed by atoms with Crippen LogP contribution in [0.4, 0.5) is 4.79 Å². The van der Waals surface area contributed by atoms with Crippen LogP contribution in [0, 0.1) is 11.8 Å². The fourth-order valence-electron chi connectivity index (χ4n) is 2.90. The minimum Gasteiger partial charge on any atom is -0.442 e. The lowest BCUT2D eigenvalue weighted by Gasteiger charge is -2.27. The van der Waals surface area contributed by atoms with E-state index in [2.05, 4.69) is 5.48 Å². The van der Waals surface area contributed by atoms with Crippen LogP contribution in [-0.2, 0) is 28.8 Å². The fraction of sp³-hybridized carbons (Fsp3) is 0.765. The van der Waals surface area contributed by atoms with Gasteiger partial charge in [-0.1, -0.05) is 0 Å². The van der Waals surface area contributed by atoms with E-state index in [0.29, 0.717) is 24.5 Å². The molecule has 0 atom stereocenters. The Hall–Kier alpha value is -2.16. The normalized spacial score (nSPS) is 23.7. The van der Waals surface area contributed by atoms with Gasteiger partial charge < -0.3 is 9.57 Å². The Kier molecular flexibility index (Phi) is 6.57. The molecule has 3 amide bonds. The van der Waals surface area contributed by atoms with Gasteiger partial charge in [0.1, 0.15) is 5.60 Å². The fourth-order valence-corrected chi connectivity index (χ4v) is 2.90. The van der Waals surface area contributed by atoms with Gasteiger partial charge in [0.2, 0.25) is 0 Å². The van der Waals surface area contributed by atoms with Crippen LogP contribution >= 0.6 is 0 Å². The maximum Gasteiger partial charge on any atom is 0.431 e. The molecule has 9 nitrogen and oxygen atoms in total. The van der Waals surface area contributed by atoms with Crippen LogP contribution in [0.5, 0.6) is 0 Å². The Morgan fingerprint density at radius 1 is 1.08 bits per heavy atom. The maximum atomic E-state index is 12.1. The van der Waals surface area contributed by atoms with E-state index in [1.807, 2.05) is 0 Å². The lowest BCUT2D eigenvalue weighted by atomic mass is 9.82. The van der Waals surface area contributed by atoms with E-state index in [9.17, 15) is 19.2 Å². The van der Waals surface area contributed by atoms with E-state index in [0.717, 1.165) is 12.8 Å². The molecule has 1 saturated heterocycles. The molecule has 0 unspecified atom stereocenters. The molecule has 9 heteroatoms. The number of hydrogen-bond donors (Lipinski definition) is 1. The van der Waals surface area contributed by atoms with Crippen LogP contribution in [0.25, 0.3) is 0 Å². The molecule has 26 heavy (non-hydrogen) atoms. The summed E-state index contributed by atoms with van der Waals surface area (Å²) >= 11 is 0. The number of carbonyl (C=O) groups excluding carboxylic acids is 4. The third kappa shape index (κ3) is 5.98. The molecule has 1 aliphatic carbocycles. The Labute approximate surface area is 152 Å². The van der Waals surface area contributed by atoms with E-state index in [1.54, 1.807) is 20.8 Å². The number of amides is 3. The Morgan fingerprint density at radius 3 is 2.19 bits per heavy atom. The third-order valence-corrected chi connectivity index (χ3v) is 4.24. The topological polar surface area (TPSA) is 111 Å². The molecular weight excluding hydrogens is 344 g/mol. The summed E-state index contributed by atoms with van der Waals surface area (Å²) in [7, 11) is 0. The van der Waals surface area contributed by atoms with Crippen molar-refractivity contribution >= 4 is 23.9 Å². The van der Waals surface area contributed by atoms with Crippen molar-refractivity contribution in [3.8, 4) is 0 Å². The Balaban J connectivity index is 1.65. The zero-order valence-corrected chi connectivity index (χ0v) is 15.4. The number of nitrogens with zero attached hydrogens (tertiary/aromatic N) is 1. The van der Waals surface area contributed by atoms with Crippen LogP contribution in [0.15, 0.2) is 0 Å². The molecule has 1 saturated carbocycles. The smallest absolute Gasteiger partial charge is 0.431 e. The monoisotopic (exact) mass is 370 g/mol. The minimum atomic E-state index is -0.644. The number of rotatable bonds is 5. The van der Waals surface area contributed by atoms with Crippen molar-refractivity contribution in [3.63, 3.8) is 0 Å². The molecule has 1 N–H and O–H groups in total. The van der Waals surface area contributed by atoms with E-state index >= 15 is 0 Å². The molecule has 0 radical (unpaired) electrons. The largest absolute Gasteiger partial charge is 0.442 e. The highest BCUT2D eigenvalue weighted by Crippen LogP contribution is 2.30. The van der Waals surface area contributed by atoms with Gasteiger partial charge in [0, 0.05) is 12.8 Å². The number of nitrogens with one attached hydrogen (secondary N) is 1. The molecule has 2 aliphatic rings. The first kappa shape index (κ1) is 20.2. The van der Waals surface area contributed by atoms with Gasteiger partial charge in [-0.2, -0.15) is 5.48 Å². The molecule has 0 aromatic rings. The highest BCUT2D eigenvalue weighted by atomic mass is 16.7. The number of hydroxylamine groups is 3. The predicted octanol–water partition coefficient (Wildman–Crippen LogP) is 1.86. The van der Waals surface area contributed by atoms with E-state index in [-0.39, 0.29) is 24.7 Å². The van der Waals surface area contributed by atoms with Gasteiger partial charge >= 0.3 is 12.1 Å².